The van der Waals surface area contributed by atoms with Gasteiger partial charge in [0, 0.05) is 29.6 Å². The molecule has 220 valence electrons. The lowest BCUT2D eigenvalue weighted by Gasteiger charge is -2.22. The third-order valence-electron chi connectivity index (χ3n) is 6.62. The Balaban J connectivity index is 1.88. The first kappa shape index (κ1) is 33.1. The maximum absolute atomic E-state index is 14.0. The Labute approximate surface area is 266 Å². The van der Waals surface area contributed by atoms with Gasteiger partial charge in [0.25, 0.3) is 0 Å². The molecule has 3 rings (SSSR count). The zero-order valence-electron chi connectivity index (χ0n) is 23.8. The molecule has 7 nitrogen and oxygen atoms in total. The fourth-order valence-corrected chi connectivity index (χ4v) is 7.17. The van der Waals surface area contributed by atoms with Gasteiger partial charge in [-0.2, -0.15) is 0 Å². The van der Waals surface area contributed by atoms with Gasteiger partial charge in [0.1, 0.15) is 23.7 Å². The summed E-state index contributed by atoms with van der Waals surface area (Å²) in [5.41, 5.74) is 2.00. The first-order chi connectivity index (χ1) is 19.1. The van der Waals surface area contributed by atoms with Crippen molar-refractivity contribution >= 4 is 77.6 Å². The first-order valence-corrected chi connectivity index (χ1v) is 18.0. The van der Waals surface area contributed by atoms with Crippen LogP contribution in [0.2, 0.25) is 0 Å². The minimum absolute atomic E-state index is 0.144. The van der Waals surface area contributed by atoms with Gasteiger partial charge in [0.05, 0.1) is 19.0 Å². The monoisotopic (exact) mass is 794 g/mol. The van der Waals surface area contributed by atoms with E-state index in [2.05, 4.69) is 75.6 Å². The summed E-state index contributed by atoms with van der Waals surface area (Å²) in [6.45, 7) is 10.2. The molecule has 2 aromatic carbocycles. The molecule has 0 atom stereocenters. The van der Waals surface area contributed by atoms with E-state index in [0.29, 0.717) is 46.6 Å². The molecular weight excluding hydrogens is 754 g/mol. The van der Waals surface area contributed by atoms with E-state index in [-0.39, 0.29) is 5.78 Å². The van der Waals surface area contributed by atoms with Crippen LogP contribution in [0.3, 0.4) is 0 Å². The molecule has 0 aliphatic carbocycles. The summed E-state index contributed by atoms with van der Waals surface area (Å²) in [5.74, 6) is 1.28. The molecule has 1 heterocycles. The predicted molar refractivity (Wildman–Crippen MR) is 180 cm³/mol. The van der Waals surface area contributed by atoms with E-state index in [0.717, 1.165) is 51.6 Å². The Hall–Kier alpha value is -1.38. The van der Waals surface area contributed by atoms with E-state index in [1.54, 1.807) is 18.2 Å². The number of hydrogen-bond acceptors (Lipinski definition) is 6. The van der Waals surface area contributed by atoms with E-state index in [1.165, 1.54) is 25.7 Å². The molecule has 0 spiro atoms. The molecule has 0 bridgehead atoms. The lowest BCUT2D eigenvalue weighted by molar-refractivity contribution is 0.103. The Kier molecular flexibility index (Phi) is 13.0. The number of ketones is 1. The number of aryl methyl sites for hydroxylation is 1. The van der Waals surface area contributed by atoms with Gasteiger partial charge < -0.3 is 9.15 Å². The number of nitrogens with one attached hydrogen (secondary N) is 1. The Morgan fingerprint density at radius 1 is 0.950 bits per heavy atom. The lowest BCUT2D eigenvalue weighted by Crippen LogP contribution is -2.30. The van der Waals surface area contributed by atoms with E-state index < -0.39 is 10.0 Å². The van der Waals surface area contributed by atoms with Gasteiger partial charge in [-0.1, -0.05) is 40.0 Å². The number of benzene rings is 2. The molecular formula is C30H40I2N2O5S. The van der Waals surface area contributed by atoms with Crippen LogP contribution >= 0.6 is 45.2 Å². The van der Waals surface area contributed by atoms with Crippen molar-refractivity contribution < 1.29 is 22.4 Å². The zero-order chi connectivity index (χ0) is 29.3. The number of halogens is 2. The maximum atomic E-state index is 14.0. The Bertz CT molecular complexity index is 1370. The first-order valence-electron chi connectivity index (χ1n) is 14.0. The number of sulfonamides is 1. The molecule has 0 radical (unpaired) electrons. The Morgan fingerprint density at radius 2 is 1.57 bits per heavy atom. The van der Waals surface area contributed by atoms with Gasteiger partial charge >= 0.3 is 0 Å². The van der Waals surface area contributed by atoms with Crippen molar-refractivity contribution in [2.75, 3.05) is 37.2 Å². The second kappa shape index (κ2) is 15.7. The highest BCUT2D eigenvalue weighted by atomic mass is 127. The zero-order valence-corrected chi connectivity index (χ0v) is 28.9. The summed E-state index contributed by atoms with van der Waals surface area (Å²) in [5, 5.41) is 0.606. The highest BCUT2D eigenvalue weighted by molar-refractivity contribution is 14.1. The molecule has 0 saturated heterocycles. The maximum Gasteiger partial charge on any atom is 0.229 e. The van der Waals surface area contributed by atoms with Gasteiger partial charge in [-0.25, -0.2) is 8.42 Å². The number of carbonyl (C=O) groups is 1. The number of hydrogen-bond donors (Lipinski definition) is 1. The lowest BCUT2D eigenvalue weighted by atomic mass is 9.98. The van der Waals surface area contributed by atoms with E-state index in [1.807, 2.05) is 12.1 Å². The fourth-order valence-electron chi connectivity index (χ4n) is 4.54. The van der Waals surface area contributed by atoms with Gasteiger partial charge in [-0.05, 0) is 108 Å². The van der Waals surface area contributed by atoms with Crippen LogP contribution in [0, 0.1) is 7.14 Å². The molecule has 0 aliphatic heterocycles. The summed E-state index contributed by atoms with van der Waals surface area (Å²) in [4.78, 5) is 16.4. The van der Waals surface area contributed by atoms with Crippen LogP contribution < -0.4 is 9.46 Å². The number of rotatable bonds is 17. The van der Waals surface area contributed by atoms with Crippen molar-refractivity contribution in [2.45, 2.75) is 65.7 Å². The third kappa shape index (κ3) is 9.32. The van der Waals surface area contributed by atoms with E-state index >= 15 is 0 Å². The van der Waals surface area contributed by atoms with Crippen LogP contribution in [0.5, 0.6) is 5.75 Å². The molecule has 40 heavy (non-hydrogen) atoms. The van der Waals surface area contributed by atoms with Gasteiger partial charge in [-0.3, -0.25) is 14.4 Å². The number of furan rings is 1. The van der Waals surface area contributed by atoms with Crippen LogP contribution in [0.25, 0.3) is 11.0 Å². The van der Waals surface area contributed by atoms with Crippen molar-refractivity contribution in [2.24, 2.45) is 0 Å². The van der Waals surface area contributed by atoms with Crippen molar-refractivity contribution in [3.63, 3.8) is 0 Å². The summed E-state index contributed by atoms with van der Waals surface area (Å²) in [6.07, 6.45) is 8.29. The second-order valence-electron chi connectivity index (χ2n) is 10.1. The number of fused-ring (bicyclic) bond motifs is 1. The van der Waals surface area contributed by atoms with Crippen molar-refractivity contribution in [1.29, 1.82) is 0 Å². The van der Waals surface area contributed by atoms with E-state index in [4.69, 9.17) is 9.15 Å². The highest BCUT2D eigenvalue weighted by Gasteiger charge is 2.24. The molecule has 1 N–H and O–H groups in total. The average molecular weight is 795 g/mol. The largest absolute Gasteiger partial charge is 0.490 e. The van der Waals surface area contributed by atoms with Crippen molar-refractivity contribution in [1.82, 2.24) is 4.90 Å². The quantitative estimate of drug-likeness (QED) is 0.111. The Morgan fingerprint density at radius 3 is 2.15 bits per heavy atom. The van der Waals surface area contributed by atoms with Crippen LogP contribution in [0.15, 0.2) is 34.7 Å². The average Bonchev–Trinajstić information content (AvgIpc) is 3.25. The van der Waals surface area contributed by atoms with Crippen LogP contribution in [-0.4, -0.2) is 51.6 Å². The molecule has 10 heteroatoms. The van der Waals surface area contributed by atoms with Crippen LogP contribution in [-0.2, 0) is 16.4 Å². The number of anilines is 1. The molecule has 0 saturated carbocycles. The summed E-state index contributed by atoms with van der Waals surface area (Å²) < 4.78 is 40.3. The molecule has 0 fully saturated rings. The number of carbonyl (C=O) groups excluding carboxylic acids is 1. The van der Waals surface area contributed by atoms with Gasteiger partial charge in [0.2, 0.25) is 10.0 Å². The third-order valence-corrected chi connectivity index (χ3v) is 8.83. The predicted octanol–water partition coefficient (Wildman–Crippen LogP) is 7.87. The minimum atomic E-state index is -3.46. The summed E-state index contributed by atoms with van der Waals surface area (Å²) in [7, 11) is -3.46. The molecule has 0 amide bonds. The molecule has 1 aromatic heterocycles. The minimum Gasteiger partial charge on any atom is -0.490 e. The fraction of sp³-hybridized carbons (Fsp3) is 0.500. The van der Waals surface area contributed by atoms with Gasteiger partial charge in [-0.15, -0.1) is 0 Å². The molecule has 3 aromatic rings. The highest BCUT2D eigenvalue weighted by Crippen LogP contribution is 2.34. The van der Waals surface area contributed by atoms with Crippen molar-refractivity contribution in [3.8, 4) is 5.75 Å². The van der Waals surface area contributed by atoms with Crippen molar-refractivity contribution in [3.05, 3.63) is 54.4 Å². The molecule has 0 aliphatic rings. The van der Waals surface area contributed by atoms with E-state index in [9.17, 15) is 13.2 Å². The standard InChI is InChI=1S/C30H40I2N2O5S/c1-5-8-11-27-28(23-20-22(33-40(4,36)37)12-13-26(23)39-27)29(35)21-18-24(31)30(25(32)19-21)38-17-16-34(14-9-6-2)15-10-7-3/h12-13,18-20,33H,5-11,14-17H2,1-4H3. The second-order valence-corrected chi connectivity index (χ2v) is 14.2. The SMILES string of the molecule is CCCCc1oc2ccc(NS(C)(=O)=O)cc2c1C(=O)c1cc(I)c(OCCN(CCCC)CCCC)c(I)c1. The van der Waals surface area contributed by atoms with Crippen LogP contribution in [0.4, 0.5) is 5.69 Å². The number of unbranched alkanes of at least 4 members (excludes halogenated alkanes) is 3. The van der Waals surface area contributed by atoms with Gasteiger partial charge in [0.15, 0.2) is 5.78 Å². The topological polar surface area (TPSA) is 88.8 Å². The number of ether oxygens (including phenoxy) is 1. The van der Waals surface area contributed by atoms with Crippen LogP contribution in [0.1, 0.15) is 81.0 Å². The summed E-state index contributed by atoms with van der Waals surface area (Å²) >= 11 is 4.48. The summed E-state index contributed by atoms with van der Waals surface area (Å²) in [6, 6.07) is 8.78. The normalized spacial score (nSPS) is 11.9. The smallest absolute Gasteiger partial charge is 0.229 e. The molecule has 0 unspecified atom stereocenters. The number of nitrogens with zero attached hydrogens (tertiary/aromatic N) is 1.